The van der Waals surface area contributed by atoms with Crippen LogP contribution in [0.25, 0.3) is 0 Å². The molecule has 0 saturated carbocycles. The molecular weight excluding hydrogens is 250 g/mol. The molecule has 0 N–H and O–H groups in total. The molecule has 0 heterocycles. The van der Waals surface area contributed by atoms with Crippen molar-refractivity contribution >= 4 is 29.5 Å². The molecule has 0 saturated heterocycles. The molecule has 0 rings (SSSR count). The third-order valence-electron chi connectivity index (χ3n) is 0. The second kappa shape index (κ2) is 16.6. The SMILES string of the molecule is P.[Ni].[S]=[Mo]=[S]. The summed E-state index contributed by atoms with van der Waals surface area (Å²) in [5.74, 6) is 0. The molecular formula is H3MoNiPS2. The van der Waals surface area contributed by atoms with Gasteiger partial charge < -0.3 is 0 Å². The molecule has 1 atom stereocenters. The van der Waals surface area contributed by atoms with Crippen molar-refractivity contribution in [3.8, 4) is 0 Å². The minimum absolute atomic E-state index is 0. The van der Waals surface area contributed by atoms with Crippen LogP contribution in [-0.4, -0.2) is 0 Å². The van der Waals surface area contributed by atoms with E-state index in [2.05, 4.69) is 19.6 Å². The van der Waals surface area contributed by atoms with Crippen LogP contribution < -0.4 is 0 Å². The van der Waals surface area contributed by atoms with Gasteiger partial charge in [-0.1, -0.05) is 0 Å². The number of rotatable bonds is 0. The Labute approximate surface area is 60.4 Å². The Hall–Kier alpha value is 2.05. The molecule has 0 radical (unpaired) electrons. The molecule has 0 fully saturated rings. The summed E-state index contributed by atoms with van der Waals surface area (Å²) in [6, 6.07) is 0. The summed E-state index contributed by atoms with van der Waals surface area (Å²) in [5, 5.41) is 0. The van der Waals surface area contributed by atoms with Crippen molar-refractivity contribution in [3.63, 3.8) is 0 Å². The van der Waals surface area contributed by atoms with Crippen LogP contribution in [0.4, 0.5) is 0 Å². The van der Waals surface area contributed by atoms with Crippen molar-refractivity contribution in [2.45, 2.75) is 0 Å². The van der Waals surface area contributed by atoms with Gasteiger partial charge in [0.05, 0.1) is 0 Å². The van der Waals surface area contributed by atoms with Gasteiger partial charge in [0.15, 0.2) is 0 Å². The molecule has 0 amide bonds. The van der Waals surface area contributed by atoms with Gasteiger partial charge >= 0.3 is 34.6 Å². The Morgan fingerprint density at radius 2 is 1.20 bits per heavy atom. The van der Waals surface area contributed by atoms with Gasteiger partial charge in [-0.05, 0) is 0 Å². The minimum atomic E-state index is -0.363. The average molecular weight is 253 g/mol. The zero-order valence-corrected chi connectivity index (χ0v) is 8.29. The average Bonchev–Trinajstić information content (AvgIpc) is 0.918. The van der Waals surface area contributed by atoms with Crippen molar-refractivity contribution in [2.75, 3.05) is 0 Å². The summed E-state index contributed by atoms with van der Waals surface area (Å²) >= 11 is -0.363. The molecule has 0 spiro atoms. The molecule has 36 valence electrons. The van der Waals surface area contributed by atoms with Gasteiger partial charge in [-0.25, -0.2) is 0 Å². The summed E-state index contributed by atoms with van der Waals surface area (Å²) in [6.45, 7) is 0. The summed E-state index contributed by atoms with van der Waals surface area (Å²) in [4.78, 5) is 0. The summed E-state index contributed by atoms with van der Waals surface area (Å²) in [7, 11) is 8.68. The fourth-order valence-corrected chi connectivity index (χ4v) is 0. The van der Waals surface area contributed by atoms with Crippen LogP contribution in [0.15, 0.2) is 0 Å². The number of hydrogen-bond donors (Lipinski definition) is 0. The summed E-state index contributed by atoms with van der Waals surface area (Å²) in [6.07, 6.45) is 0. The van der Waals surface area contributed by atoms with Crippen molar-refractivity contribution in [1.82, 2.24) is 0 Å². The Bertz CT molecular complexity index is 30.6. The van der Waals surface area contributed by atoms with Crippen molar-refractivity contribution in [2.24, 2.45) is 0 Å². The molecule has 0 aromatic heterocycles. The maximum absolute atomic E-state index is 4.34. The van der Waals surface area contributed by atoms with Crippen molar-refractivity contribution in [3.05, 3.63) is 0 Å². The third-order valence-corrected chi connectivity index (χ3v) is 0. The van der Waals surface area contributed by atoms with Crippen LogP contribution in [0.3, 0.4) is 0 Å². The van der Waals surface area contributed by atoms with Crippen LogP contribution in [0.1, 0.15) is 0 Å². The van der Waals surface area contributed by atoms with Gasteiger partial charge in [0.25, 0.3) is 0 Å². The van der Waals surface area contributed by atoms with Gasteiger partial charge in [-0.15, -0.1) is 0 Å². The third kappa shape index (κ3) is 23.6. The van der Waals surface area contributed by atoms with Crippen molar-refractivity contribution in [1.29, 1.82) is 0 Å². The number of hydrogen-bond acceptors (Lipinski definition) is 2. The van der Waals surface area contributed by atoms with E-state index in [9.17, 15) is 0 Å². The first-order valence-corrected chi connectivity index (χ1v) is 5.92. The second-order valence-electron chi connectivity index (χ2n) is 0.0680. The van der Waals surface area contributed by atoms with E-state index in [4.69, 9.17) is 0 Å². The van der Waals surface area contributed by atoms with E-state index in [-0.39, 0.29) is 41.3 Å². The van der Waals surface area contributed by atoms with Gasteiger partial charge in [0, 0.05) is 16.5 Å². The monoisotopic (exact) mass is 254 g/mol. The Kier molecular flexibility index (Phi) is 52.2. The predicted molar refractivity (Wildman–Crippen MR) is 26.3 cm³/mol. The van der Waals surface area contributed by atoms with Gasteiger partial charge in [0.2, 0.25) is 0 Å². The zero-order chi connectivity index (χ0) is 2.71. The van der Waals surface area contributed by atoms with Crippen LogP contribution in [0.5, 0.6) is 0 Å². The first kappa shape index (κ1) is 15.7. The van der Waals surface area contributed by atoms with Crippen LogP contribution in [0.2, 0.25) is 0 Å². The molecule has 0 aliphatic rings. The van der Waals surface area contributed by atoms with E-state index in [1.54, 1.807) is 0 Å². The first-order valence-electron chi connectivity index (χ1n) is 0.333. The zero-order valence-electron chi connectivity index (χ0n) is 2.25. The predicted octanol–water partition coefficient (Wildman–Crippen LogP) is 1.35. The Balaban J connectivity index is -0.0000000200. The molecule has 0 bridgehead atoms. The quantitative estimate of drug-likeness (QED) is 0.472. The van der Waals surface area contributed by atoms with E-state index in [1.165, 1.54) is 0 Å². The Morgan fingerprint density at radius 3 is 1.20 bits per heavy atom. The van der Waals surface area contributed by atoms with E-state index in [0.29, 0.717) is 0 Å². The van der Waals surface area contributed by atoms with E-state index in [0.717, 1.165) is 0 Å². The molecule has 0 nitrogen and oxygen atoms in total. The fourth-order valence-electron chi connectivity index (χ4n) is 0. The van der Waals surface area contributed by atoms with E-state index < -0.39 is 0 Å². The molecule has 0 aliphatic carbocycles. The van der Waals surface area contributed by atoms with Crippen LogP contribution in [0, 0.1) is 0 Å². The molecule has 0 aromatic carbocycles. The van der Waals surface area contributed by atoms with Gasteiger partial charge in [-0.3, -0.25) is 0 Å². The fraction of sp³-hybridized carbons (Fsp3) is 0. The molecule has 5 heavy (non-hydrogen) atoms. The van der Waals surface area contributed by atoms with E-state index in [1.807, 2.05) is 0 Å². The topological polar surface area (TPSA) is 0 Å². The molecule has 5 heteroatoms. The Morgan fingerprint density at radius 1 is 1.20 bits per heavy atom. The normalized spacial score (nSPS) is 2.40. The summed E-state index contributed by atoms with van der Waals surface area (Å²) in [5.41, 5.74) is 0. The van der Waals surface area contributed by atoms with Gasteiger partial charge in [-0.2, -0.15) is 9.90 Å². The maximum atomic E-state index is 4.34. The van der Waals surface area contributed by atoms with Gasteiger partial charge in [0.1, 0.15) is 0 Å². The first-order chi connectivity index (χ1) is 1.41. The molecule has 1 unspecified atom stereocenters. The molecule has 0 aliphatic heterocycles. The standard InChI is InChI=1S/Mo.Ni.H3P.2S/h;;1H3;;. The van der Waals surface area contributed by atoms with Crippen LogP contribution in [-0.2, 0) is 31.4 Å². The second-order valence-corrected chi connectivity index (χ2v) is 3.62. The van der Waals surface area contributed by atoms with Crippen LogP contribution >= 0.6 is 29.5 Å². The van der Waals surface area contributed by atoms with Crippen molar-refractivity contribution < 1.29 is 31.4 Å². The summed E-state index contributed by atoms with van der Waals surface area (Å²) < 4.78 is 0. The van der Waals surface area contributed by atoms with E-state index >= 15 is 0 Å². The molecule has 0 aromatic rings.